The lowest BCUT2D eigenvalue weighted by atomic mass is 10.3. The summed E-state index contributed by atoms with van der Waals surface area (Å²) in [5.41, 5.74) is 4.33. The van der Waals surface area contributed by atoms with Gasteiger partial charge in [-0.2, -0.15) is 0 Å². The average molecular weight is 235 g/mol. The van der Waals surface area contributed by atoms with Crippen LogP contribution in [0.5, 0.6) is 0 Å². The number of hydrogen-bond acceptors (Lipinski definition) is 3. The lowest BCUT2D eigenvalue weighted by Crippen LogP contribution is -2.21. The average Bonchev–Trinajstić information content (AvgIpc) is 2.87. The van der Waals surface area contributed by atoms with Crippen LogP contribution in [0.3, 0.4) is 0 Å². The largest absolute Gasteiger partial charge is 0.348 e. The predicted molar refractivity (Wildman–Crippen MR) is 67.6 cm³/mol. The topological polar surface area (TPSA) is 29.9 Å². The molecule has 1 N–H and O–H groups in total. The van der Waals surface area contributed by atoms with Crippen molar-refractivity contribution < 1.29 is 0 Å². The summed E-state index contributed by atoms with van der Waals surface area (Å²) in [6.45, 7) is 6.12. The molecular weight excluding hydrogens is 218 g/mol. The van der Waals surface area contributed by atoms with E-state index in [0.717, 1.165) is 18.8 Å². The van der Waals surface area contributed by atoms with Crippen LogP contribution in [-0.4, -0.2) is 15.6 Å². The smallest absolute Gasteiger partial charge is 0.0795 e. The summed E-state index contributed by atoms with van der Waals surface area (Å²) in [5.74, 6) is 0. The zero-order valence-electron chi connectivity index (χ0n) is 9.68. The molecule has 0 unspecified atom stereocenters. The van der Waals surface area contributed by atoms with E-state index in [-0.39, 0.29) is 0 Å². The highest BCUT2D eigenvalue weighted by Crippen LogP contribution is 2.07. The Bertz CT molecular complexity index is 417. The molecule has 0 fully saturated rings. The maximum absolute atomic E-state index is 4.28. The molecule has 16 heavy (non-hydrogen) atoms. The molecule has 0 aliphatic heterocycles. The second-order valence-corrected chi connectivity index (χ2v) is 4.93. The van der Waals surface area contributed by atoms with Crippen molar-refractivity contribution in [2.45, 2.75) is 33.0 Å². The normalized spacial score (nSPS) is 11.2. The van der Waals surface area contributed by atoms with Crippen LogP contribution in [0.2, 0.25) is 0 Å². The van der Waals surface area contributed by atoms with Gasteiger partial charge >= 0.3 is 0 Å². The minimum Gasteiger partial charge on any atom is -0.348 e. The quantitative estimate of drug-likeness (QED) is 0.863. The maximum atomic E-state index is 4.28. The molecule has 86 valence electrons. The fourth-order valence-corrected chi connectivity index (χ4v) is 2.07. The van der Waals surface area contributed by atoms with Gasteiger partial charge in [0.05, 0.1) is 17.7 Å². The van der Waals surface area contributed by atoms with Crippen molar-refractivity contribution in [3.8, 4) is 0 Å². The van der Waals surface area contributed by atoms with E-state index in [1.807, 2.05) is 5.51 Å². The van der Waals surface area contributed by atoms with Crippen molar-refractivity contribution >= 4 is 11.3 Å². The van der Waals surface area contributed by atoms with Gasteiger partial charge in [-0.05, 0) is 11.6 Å². The van der Waals surface area contributed by atoms with Gasteiger partial charge < -0.3 is 9.88 Å². The van der Waals surface area contributed by atoms with Gasteiger partial charge in [0.1, 0.15) is 0 Å². The minimum absolute atomic E-state index is 0.530. The second-order valence-electron chi connectivity index (χ2n) is 4.21. The fraction of sp³-hybridized carbons (Fsp3) is 0.417. The molecule has 4 heteroatoms. The van der Waals surface area contributed by atoms with E-state index in [9.17, 15) is 0 Å². The highest BCUT2D eigenvalue weighted by Gasteiger charge is 2.00. The summed E-state index contributed by atoms with van der Waals surface area (Å²) in [7, 11) is 0. The summed E-state index contributed by atoms with van der Waals surface area (Å²) < 4.78 is 2.17. The lowest BCUT2D eigenvalue weighted by molar-refractivity contribution is 0.588. The molecule has 2 aromatic rings. The highest BCUT2D eigenvalue weighted by atomic mass is 32.1. The zero-order chi connectivity index (χ0) is 11.4. The van der Waals surface area contributed by atoms with Gasteiger partial charge in [0.2, 0.25) is 0 Å². The van der Waals surface area contributed by atoms with Gasteiger partial charge in [-0.25, -0.2) is 4.98 Å². The number of nitrogens with zero attached hydrogens (tertiary/aromatic N) is 2. The van der Waals surface area contributed by atoms with Crippen LogP contribution < -0.4 is 5.32 Å². The Labute approximate surface area is 100 Å². The first kappa shape index (κ1) is 11.4. The molecule has 2 rings (SSSR count). The number of aromatic nitrogens is 2. The summed E-state index contributed by atoms with van der Waals surface area (Å²) >= 11 is 1.64. The molecule has 0 spiro atoms. The number of thiazole rings is 1. The van der Waals surface area contributed by atoms with Gasteiger partial charge in [0, 0.05) is 30.4 Å². The molecule has 0 saturated carbocycles. The Morgan fingerprint density at radius 1 is 1.50 bits per heavy atom. The number of rotatable bonds is 5. The lowest BCUT2D eigenvalue weighted by Gasteiger charge is -2.05. The van der Waals surface area contributed by atoms with E-state index >= 15 is 0 Å². The number of nitrogens with one attached hydrogen (secondary N) is 1. The summed E-state index contributed by atoms with van der Waals surface area (Å²) in [6, 6.07) is 2.68. The van der Waals surface area contributed by atoms with Gasteiger partial charge in [-0.15, -0.1) is 11.3 Å². The predicted octanol–water partition coefficient (Wildman–Crippen LogP) is 2.49. The summed E-state index contributed by atoms with van der Waals surface area (Å²) in [5, 5.41) is 5.50. The van der Waals surface area contributed by atoms with Crippen LogP contribution in [0, 0.1) is 0 Å². The Balaban J connectivity index is 1.92. The van der Waals surface area contributed by atoms with E-state index in [1.54, 1.807) is 11.3 Å². The van der Waals surface area contributed by atoms with Crippen molar-refractivity contribution in [1.82, 2.24) is 14.9 Å². The van der Waals surface area contributed by atoms with Crippen molar-refractivity contribution in [3.05, 3.63) is 40.6 Å². The summed E-state index contributed by atoms with van der Waals surface area (Å²) in [4.78, 5) is 4.28. The van der Waals surface area contributed by atoms with E-state index in [2.05, 4.69) is 52.6 Å². The maximum Gasteiger partial charge on any atom is 0.0795 e. The Morgan fingerprint density at radius 2 is 2.38 bits per heavy atom. The highest BCUT2D eigenvalue weighted by molar-refractivity contribution is 7.07. The van der Waals surface area contributed by atoms with Gasteiger partial charge in [0.15, 0.2) is 0 Å². The van der Waals surface area contributed by atoms with Crippen molar-refractivity contribution in [1.29, 1.82) is 0 Å². The molecule has 0 aliphatic carbocycles. The first-order chi connectivity index (χ1) is 7.74. The first-order valence-corrected chi connectivity index (χ1v) is 6.43. The monoisotopic (exact) mass is 235 g/mol. The van der Waals surface area contributed by atoms with Crippen LogP contribution in [-0.2, 0) is 13.1 Å². The number of hydrogen-bond donors (Lipinski definition) is 1. The molecule has 0 aliphatic rings. The second kappa shape index (κ2) is 5.27. The van der Waals surface area contributed by atoms with Crippen LogP contribution in [0.25, 0.3) is 0 Å². The molecule has 3 nitrogen and oxygen atoms in total. The SMILES string of the molecule is CC(C)NCc1ccn(Cc2cscn2)c1. The molecular formula is C12H17N3S. The van der Waals surface area contributed by atoms with Crippen LogP contribution in [0.4, 0.5) is 0 Å². The molecule has 0 aromatic carbocycles. The fourth-order valence-electron chi connectivity index (χ4n) is 1.52. The molecule has 0 amide bonds. The Morgan fingerprint density at radius 3 is 3.06 bits per heavy atom. The molecule has 2 heterocycles. The third-order valence-corrected chi connectivity index (χ3v) is 2.99. The molecule has 0 bridgehead atoms. The van der Waals surface area contributed by atoms with Crippen LogP contribution in [0.15, 0.2) is 29.4 Å². The zero-order valence-corrected chi connectivity index (χ0v) is 10.5. The Hall–Kier alpha value is -1.13. The minimum atomic E-state index is 0.530. The molecule has 0 radical (unpaired) electrons. The van der Waals surface area contributed by atoms with E-state index < -0.39 is 0 Å². The van der Waals surface area contributed by atoms with Gasteiger partial charge in [0.25, 0.3) is 0 Å². The van der Waals surface area contributed by atoms with E-state index in [4.69, 9.17) is 0 Å². The summed E-state index contributed by atoms with van der Waals surface area (Å²) in [6.07, 6.45) is 4.28. The van der Waals surface area contributed by atoms with Crippen molar-refractivity contribution in [2.24, 2.45) is 0 Å². The molecule has 0 atom stereocenters. The van der Waals surface area contributed by atoms with Crippen LogP contribution in [0.1, 0.15) is 25.1 Å². The van der Waals surface area contributed by atoms with Gasteiger partial charge in [-0.1, -0.05) is 13.8 Å². The molecule has 0 saturated heterocycles. The van der Waals surface area contributed by atoms with Crippen molar-refractivity contribution in [2.75, 3.05) is 0 Å². The standard InChI is InChI=1S/C12H17N3S/c1-10(2)13-5-11-3-4-15(6-11)7-12-8-16-9-14-12/h3-4,6,8-10,13H,5,7H2,1-2H3. The first-order valence-electron chi connectivity index (χ1n) is 5.49. The third-order valence-electron chi connectivity index (χ3n) is 2.35. The van der Waals surface area contributed by atoms with E-state index in [1.165, 1.54) is 5.56 Å². The third kappa shape index (κ3) is 3.18. The molecule has 2 aromatic heterocycles. The van der Waals surface area contributed by atoms with Gasteiger partial charge in [-0.3, -0.25) is 0 Å². The van der Waals surface area contributed by atoms with E-state index in [0.29, 0.717) is 6.04 Å². The van der Waals surface area contributed by atoms with Crippen LogP contribution >= 0.6 is 11.3 Å². The Kier molecular flexibility index (Phi) is 3.74. The van der Waals surface area contributed by atoms with Crippen molar-refractivity contribution in [3.63, 3.8) is 0 Å².